The normalized spacial score (nSPS) is 17.4. The van der Waals surface area contributed by atoms with Crippen LogP contribution >= 0.6 is 23.5 Å². The largest absolute Gasteiger partial charge is 0.394 e. The molecule has 4 rings (SSSR count). The first-order valence-corrected chi connectivity index (χ1v) is 14.6. The number of alkyl halides is 3. The van der Waals surface area contributed by atoms with Crippen LogP contribution < -0.4 is 15.2 Å². The molecule has 1 aromatic heterocycles. The van der Waals surface area contributed by atoms with E-state index in [0.717, 1.165) is 4.90 Å². The smallest absolute Gasteiger partial charge is 0.358 e. The molecule has 2 aromatic rings. The van der Waals surface area contributed by atoms with Crippen LogP contribution in [0.2, 0.25) is 5.15 Å². The molecule has 222 valence electrons. The third-order valence-corrected chi connectivity index (χ3v) is 7.48. The van der Waals surface area contributed by atoms with Crippen molar-refractivity contribution in [3.8, 4) is 0 Å². The first kappa shape index (κ1) is 33.9. The molecule has 1 fully saturated rings. The summed E-state index contributed by atoms with van der Waals surface area (Å²) in [5, 5.41) is 1.56. The number of pyridine rings is 1. The summed E-state index contributed by atoms with van der Waals surface area (Å²) in [6, 6.07) is 12.5. The Morgan fingerprint density at radius 1 is 1.18 bits per heavy atom. The summed E-state index contributed by atoms with van der Waals surface area (Å²) in [5.74, 6) is 0.0336. The van der Waals surface area contributed by atoms with Gasteiger partial charge in [0, 0.05) is 17.7 Å². The molecular formula is C29H40ClF3N4O2S. The van der Waals surface area contributed by atoms with E-state index in [1.807, 2.05) is 44.2 Å². The van der Waals surface area contributed by atoms with Crippen LogP contribution in [0.1, 0.15) is 77.6 Å². The Labute approximate surface area is 245 Å². The maximum Gasteiger partial charge on any atom is 0.394 e. The molecule has 2 heterocycles. The van der Waals surface area contributed by atoms with E-state index in [2.05, 4.69) is 42.8 Å². The fraction of sp³-hybridized carbons (Fsp3) is 0.517. The van der Waals surface area contributed by atoms with Crippen LogP contribution in [0.5, 0.6) is 0 Å². The number of nitrogens with one attached hydrogen (secondary N) is 2. The molecule has 2 aliphatic rings. The van der Waals surface area contributed by atoms with Gasteiger partial charge in [-0.25, -0.2) is 4.98 Å². The van der Waals surface area contributed by atoms with Gasteiger partial charge in [-0.15, -0.1) is 0 Å². The van der Waals surface area contributed by atoms with Crippen molar-refractivity contribution < 1.29 is 22.7 Å². The maximum atomic E-state index is 13.0. The zero-order chi connectivity index (χ0) is 30.0. The van der Waals surface area contributed by atoms with Crippen LogP contribution in [0.3, 0.4) is 0 Å². The third kappa shape index (κ3) is 10.3. The van der Waals surface area contributed by atoms with E-state index >= 15 is 0 Å². The fourth-order valence-corrected chi connectivity index (χ4v) is 4.06. The number of nitrogens with zero attached hydrogens (tertiary/aromatic N) is 2. The van der Waals surface area contributed by atoms with Gasteiger partial charge in [-0.3, -0.25) is 14.5 Å². The van der Waals surface area contributed by atoms with Gasteiger partial charge >= 0.3 is 6.18 Å². The predicted molar refractivity (Wildman–Crippen MR) is 157 cm³/mol. The Morgan fingerprint density at radius 2 is 1.80 bits per heavy atom. The van der Waals surface area contributed by atoms with Gasteiger partial charge in [0.2, 0.25) is 0 Å². The average molecular weight is 601 g/mol. The van der Waals surface area contributed by atoms with Gasteiger partial charge in [0.1, 0.15) is 17.2 Å². The summed E-state index contributed by atoms with van der Waals surface area (Å²) < 4.78 is 47.2. The number of hydrogen-bond acceptors (Lipinski definition) is 6. The Balaban J connectivity index is 0.000000622. The molecule has 1 aromatic carbocycles. The van der Waals surface area contributed by atoms with Gasteiger partial charge in [0.15, 0.2) is 0 Å². The second kappa shape index (κ2) is 15.1. The Morgan fingerprint density at radius 3 is 2.33 bits per heavy atom. The number of benzene rings is 1. The van der Waals surface area contributed by atoms with Crippen LogP contribution in [0.25, 0.3) is 0 Å². The number of hydrazine groups is 1. The first-order chi connectivity index (χ1) is 18.8. The van der Waals surface area contributed by atoms with Crippen LogP contribution in [-0.4, -0.2) is 29.9 Å². The molecule has 1 amide bonds. The summed E-state index contributed by atoms with van der Waals surface area (Å²) in [5.41, 5.74) is 2.14. The van der Waals surface area contributed by atoms with Gasteiger partial charge in [-0.2, -0.15) is 18.6 Å². The number of halogens is 4. The SMILES string of the molecule is CC.CCC(C)(C)C.O=C(NSc1ccccc1)c1ccc(N2C=CC(OCCC3(C(F)(F)F)CC3)N2)nc1Cl. The third-order valence-electron chi connectivity index (χ3n) is 6.40. The molecule has 1 unspecified atom stereocenters. The van der Waals surface area contributed by atoms with Crippen LogP contribution in [0.4, 0.5) is 19.0 Å². The quantitative estimate of drug-likeness (QED) is 0.234. The number of carbonyl (C=O) groups is 1. The lowest BCUT2D eigenvalue weighted by atomic mass is 9.94. The van der Waals surface area contributed by atoms with Crippen molar-refractivity contribution in [3.05, 3.63) is 65.5 Å². The summed E-state index contributed by atoms with van der Waals surface area (Å²) in [6.45, 7) is 12.9. The van der Waals surface area contributed by atoms with Crippen LogP contribution in [-0.2, 0) is 4.74 Å². The van der Waals surface area contributed by atoms with Gasteiger partial charge in [-0.1, -0.05) is 77.8 Å². The standard InChI is InChI=1S/C21H20ClF3N4O2S.C6H14.C2H6/c22-18-15(19(30)28-32-14-4-2-1-3-5-14)6-7-16(26-18)29-12-8-17(27-29)31-13-11-20(9-10-20)21(23,24)25;1-5-6(2,3)4;1-2/h1-8,12,17,27H,9-11,13H2,(H,28,30);5H2,1-4H3;1-2H3. The summed E-state index contributed by atoms with van der Waals surface area (Å²) >= 11 is 7.38. The summed E-state index contributed by atoms with van der Waals surface area (Å²) in [7, 11) is 0. The topological polar surface area (TPSA) is 66.5 Å². The lowest BCUT2D eigenvalue weighted by Crippen LogP contribution is -2.38. The molecule has 2 N–H and O–H groups in total. The molecule has 11 heteroatoms. The summed E-state index contributed by atoms with van der Waals surface area (Å²) in [6.07, 6.45) is 0.0770. The highest BCUT2D eigenvalue weighted by molar-refractivity contribution is 7.98. The maximum absolute atomic E-state index is 13.0. The van der Waals surface area contributed by atoms with E-state index in [-0.39, 0.29) is 42.5 Å². The molecule has 0 bridgehead atoms. The minimum atomic E-state index is -4.18. The van der Waals surface area contributed by atoms with Crippen molar-refractivity contribution >= 4 is 35.3 Å². The monoisotopic (exact) mass is 600 g/mol. The van der Waals surface area contributed by atoms with Crippen LogP contribution in [0.15, 0.2) is 59.6 Å². The Kier molecular flexibility index (Phi) is 12.8. The molecule has 6 nitrogen and oxygen atoms in total. The van der Waals surface area contributed by atoms with Crippen molar-refractivity contribution in [2.24, 2.45) is 10.8 Å². The lowest BCUT2D eigenvalue weighted by Gasteiger charge is -2.22. The second-order valence-corrected chi connectivity index (χ2v) is 11.7. The van der Waals surface area contributed by atoms with Crippen LogP contribution in [0, 0.1) is 10.8 Å². The molecular weight excluding hydrogens is 561 g/mol. The van der Waals surface area contributed by atoms with E-state index in [4.69, 9.17) is 16.3 Å². The van der Waals surface area contributed by atoms with E-state index in [0.29, 0.717) is 11.2 Å². The molecule has 1 aliphatic heterocycles. The zero-order valence-corrected chi connectivity index (χ0v) is 25.5. The number of amides is 1. The minimum absolute atomic E-state index is 0.0122. The second-order valence-electron chi connectivity index (χ2n) is 10.4. The molecule has 40 heavy (non-hydrogen) atoms. The number of carbonyl (C=O) groups excluding carboxylic acids is 1. The molecule has 1 saturated carbocycles. The minimum Gasteiger partial charge on any atom is -0.358 e. The van der Waals surface area contributed by atoms with Crippen molar-refractivity contribution in [2.75, 3.05) is 11.6 Å². The summed E-state index contributed by atoms with van der Waals surface area (Å²) in [4.78, 5) is 17.5. The van der Waals surface area contributed by atoms with E-state index in [9.17, 15) is 18.0 Å². The van der Waals surface area contributed by atoms with Gasteiger partial charge in [-0.05, 0) is 67.0 Å². The molecule has 0 radical (unpaired) electrons. The molecule has 1 atom stereocenters. The van der Waals surface area contributed by atoms with Gasteiger partial charge in [0.05, 0.1) is 11.0 Å². The van der Waals surface area contributed by atoms with Crippen molar-refractivity contribution in [1.82, 2.24) is 15.1 Å². The highest BCUT2D eigenvalue weighted by Crippen LogP contribution is 2.59. The fourth-order valence-electron chi connectivity index (χ4n) is 3.21. The van der Waals surface area contributed by atoms with Gasteiger partial charge < -0.3 is 4.74 Å². The average Bonchev–Trinajstić information content (AvgIpc) is 3.58. The lowest BCUT2D eigenvalue weighted by molar-refractivity contribution is -0.192. The van der Waals surface area contributed by atoms with Crippen molar-refractivity contribution in [1.29, 1.82) is 0 Å². The van der Waals surface area contributed by atoms with E-state index in [1.165, 1.54) is 23.4 Å². The Bertz CT molecular complexity index is 1110. The molecule has 0 saturated heterocycles. The predicted octanol–water partition coefficient (Wildman–Crippen LogP) is 8.55. The Hall–Kier alpha value is -2.27. The highest BCUT2D eigenvalue weighted by Gasteiger charge is 2.62. The van der Waals surface area contributed by atoms with Crippen molar-refractivity contribution in [3.63, 3.8) is 0 Å². The number of hydrogen-bond donors (Lipinski definition) is 2. The zero-order valence-electron chi connectivity index (χ0n) is 23.9. The first-order valence-electron chi connectivity index (χ1n) is 13.4. The number of ether oxygens (including phenoxy) is 1. The van der Waals surface area contributed by atoms with Crippen molar-refractivity contribution in [2.45, 2.75) is 84.5 Å². The van der Waals surface area contributed by atoms with E-state index < -0.39 is 17.8 Å². The van der Waals surface area contributed by atoms with Gasteiger partial charge in [0.25, 0.3) is 5.91 Å². The van der Waals surface area contributed by atoms with E-state index in [1.54, 1.807) is 24.4 Å². The number of rotatable bonds is 8. The number of aromatic nitrogens is 1. The molecule has 1 aliphatic carbocycles. The molecule has 0 spiro atoms. The number of anilines is 1. The highest BCUT2D eigenvalue weighted by atomic mass is 35.5.